The highest BCUT2D eigenvalue weighted by Crippen LogP contribution is 2.70. The number of nitrogens with zero attached hydrogens (tertiary/aromatic N) is 1. The van der Waals surface area contributed by atoms with Crippen LogP contribution in [0.3, 0.4) is 0 Å². The van der Waals surface area contributed by atoms with Crippen LogP contribution in [0.1, 0.15) is 44.5 Å². The van der Waals surface area contributed by atoms with Crippen LogP contribution in [-0.4, -0.2) is 0 Å². The summed E-state index contributed by atoms with van der Waals surface area (Å²) >= 11 is 0. The molecule has 0 atom stereocenters. The van der Waals surface area contributed by atoms with E-state index in [0.29, 0.717) is 0 Å². The van der Waals surface area contributed by atoms with E-state index in [2.05, 4.69) is 266 Å². The molecule has 320 valence electrons. The molecule has 0 saturated heterocycles. The van der Waals surface area contributed by atoms with Crippen LogP contribution in [0.2, 0.25) is 0 Å². The molecule has 0 aliphatic heterocycles. The predicted octanol–water partition coefficient (Wildman–Crippen LogP) is 17.2. The number of anilines is 3. The van der Waals surface area contributed by atoms with Gasteiger partial charge in [0.05, 0.1) is 10.8 Å². The van der Waals surface area contributed by atoms with Crippen molar-refractivity contribution < 1.29 is 0 Å². The Balaban J connectivity index is 1.08. The van der Waals surface area contributed by atoms with Crippen molar-refractivity contribution in [2.24, 2.45) is 0 Å². The van der Waals surface area contributed by atoms with Crippen LogP contribution in [-0.2, 0) is 10.8 Å². The van der Waals surface area contributed by atoms with Gasteiger partial charge in [0.25, 0.3) is 0 Å². The van der Waals surface area contributed by atoms with E-state index in [-0.39, 0.29) is 0 Å². The molecule has 0 aromatic heterocycles. The summed E-state index contributed by atoms with van der Waals surface area (Å²) in [5.74, 6) is 0. The minimum absolute atomic E-state index is 0.521. The van der Waals surface area contributed by atoms with Crippen molar-refractivity contribution in [3.05, 3.63) is 305 Å². The summed E-state index contributed by atoms with van der Waals surface area (Å²) in [7, 11) is 0. The molecule has 0 heterocycles. The first-order valence-electron chi connectivity index (χ1n) is 24.2. The third kappa shape index (κ3) is 4.98. The van der Waals surface area contributed by atoms with Crippen molar-refractivity contribution >= 4 is 17.1 Å². The molecular weight excluding hydrogens is 831 g/mol. The fourth-order valence-electron chi connectivity index (χ4n) is 13.3. The highest BCUT2D eigenvalue weighted by molar-refractivity contribution is 6.09. The van der Waals surface area contributed by atoms with Crippen molar-refractivity contribution in [1.29, 1.82) is 0 Å². The largest absolute Gasteiger partial charge is 0.310 e. The molecule has 15 rings (SSSR count). The number of hydrogen-bond donors (Lipinski definition) is 0. The van der Waals surface area contributed by atoms with Gasteiger partial charge in [0.15, 0.2) is 0 Å². The first kappa shape index (κ1) is 38.3. The van der Waals surface area contributed by atoms with Crippen LogP contribution in [0.5, 0.6) is 0 Å². The minimum Gasteiger partial charge on any atom is -0.310 e. The average Bonchev–Trinajstić information content (AvgIpc) is 4.10. The minimum atomic E-state index is -0.625. The smallest absolute Gasteiger partial charge is 0.0726 e. The van der Waals surface area contributed by atoms with E-state index < -0.39 is 10.8 Å². The Bertz CT molecular complexity index is 3790. The number of benzene rings is 11. The summed E-state index contributed by atoms with van der Waals surface area (Å²) in [6, 6.07) is 98.1. The molecule has 0 saturated carbocycles. The summed E-state index contributed by atoms with van der Waals surface area (Å²) in [4.78, 5) is 2.44. The zero-order valence-corrected chi connectivity index (χ0v) is 37.8. The van der Waals surface area contributed by atoms with Crippen molar-refractivity contribution in [2.75, 3.05) is 4.90 Å². The van der Waals surface area contributed by atoms with E-state index in [1.807, 2.05) is 0 Å². The van der Waals surface area contributed by atoms with E-state index in [9.17, 15) is 0 Å². The second kappa shape index (κ2) is 14.4. The predicted molar refractivity (Wildman–Crippen MR) is 285 cm³/mol. The zero-order chi connectivity index (χ0) is 45.3. The lowest BCUT2D eigenvalue weighted by Gasteiger charge is -2.35. The van der Waals surface area contributed by atoms with Crippen LogP contribution in [0, 0.1) is 0 Å². The van der Waals surface area contributed by atoms with Gasteiger partial charge in [-0.2, -0.15) is 0 Å². The summed E-state index contributed by atoms with van der Waals surface area (Å²) in [5, 5.41) is 0. The van der Waals surface area contributed by atoms with Gasteiger partial charge in [-0.05, 0) is 148 Å². The fraction of sp³-hybridized carbons (Fsp3) is 0.0294. The number of hydrogen-bond acceptors (Lipinski definition) is 1. The Morgan fingerprint density at radius 1 is 0.203 bits per heavy atom. The quantitative estimate of drug-likeness (QED) is 0.167. The lowest BCUT2D eigenvalue weighted by molar-refractivity contribution is 0.768. The van der Waals surface area contributed by atoms with Crippen LogP contribution < -0.4 is 4.90 Å². The van der Waals surface area contributed by atoms with E-state index in [4.69, 9.17) is 0 Å². The number of rotatable bonds is 5. The lowest BCUT2D eigenvalue weighted by atomic mass is 9.66. The maximum absolute atomic E-state index is 2.69. The van der Waals surface area contributed by atoms with Gasteiger partial charge in [-0.3, -0.25) is 0 Å². The third-order valence-electron chi connectivity index (χ3n) is 15.9. The van der Waals surface area contributed by atoms with Crippen LogP contribution in [0.4, 0.5) is 17.1 Å². The topological polar surface area (TPSA) is 3.24 Å². The maximum Gasteiger partial charge on any atom is 0.0726 e. The van der Waals surface area contributed by atoms with Gasteiger partial charge in [-0.1, -0.05) is 224 Å². The van der Waals surface area contributed by atoms with Gasteiger partial charge >= 0.3 is 0 Å². The first-order chi connectivity index (χ1) is 34.3. The summed E-state index contributed by atoms with van der Waals surface area (Å²) < 4.78 is 0. The molecule has 4 aliphatic carbocycles. The Morgan fingerprint density at radius 3 is 1.06 bits per heavy atom. The molecule has 0 bridgehead atoms. The van der Waals surface area contributed by atoms with Crippen molar-refractivity contribution in [3.8, 4) is 66.8 Å². The van der Waals surface area contributed by atoms with Crippen LogP contribution in [0.25, 0.3) is 66.8 Å². The summed E-state index contributed by atoms with van der Waals surface area (Å²) in [5.41, 5.74) is 28.3. The van der Waals surface area contributed by atoms with Crippen molar-refractivity contribution in [2.45, 2.75) is 10.8 Å². The van der Waals surface area contributed by atoms with E-state index in [1.165, 1.54) is 111 Å². The van der Waals surface area contributed by atoms with Gasteiger partial charge < -0.3 is 4.90 Å². The first-order valence-corrected chi connectivity index (χ1v) is 24.2. The van der Waals surface area contributed by atoms with Gasteiger partial charge in [0, 0.05) is 17.1 Å². The average molecular weight is 874 g/mol. The van der Waals surface area contributed by atoms with Gasteiger partial charge in [0.2, 0.25) is 0 Å². The molecule has 0 unspecified atom stereocenters. The molecule has 1 nitrogen and oxygen atoms in total. The number of fused-ring (bicyclic) bond motifs is 20. The molecule has 69 heavy (non-hydrogen) atoms. The van der Waals surface area contributed by atoms with Gasteiger partial charge in [-0.15, -0.1) is 0 Å². The van der Waals surface area contributed by atoms with E-state index >= 15 is 0 Å². The molecule has 0 amide bonds. The van der Waals surface area contributed by atoms with Crippen molar-refractivity contribution in [1.82, 2.24) is 0 Å². The Hall–Kier alpha value is -8.78. The van der Waals surface area contributed by atoms with Crippen LogP contribution >= 0.6 is 0 Å². The molecule has 0 N–H and O–H groups in total. The van der Waals surface area contributed by atoms with Gasteiger partial charge in [0.1, 0.15) is 0 Å². The SMILES string of the molecule is c1ccc(-c2ccc(N(c3ccccc3)c3ccc4c(c3)C3(c5ccccc5-c5ccccc53)c3cc5c(c(-c6ccccc6)c3-4)-c3ccccc3C53c4ccccc4-c4ccccc43)cc2)cc1. The van der Waals surface area contributed by atoms with E-state index in [0.717, 1.165) is 17.1 Å². The Morgan fingerprint density at radius 2 is 0.551 bits per heavy atom. The summed E-state index contributed by atoms with van der Waals surface area (Å²) in [6.45, 7) is 0. The Kier molecular flexibility index (Phi) is 7.98. The van der Waals surface area contributed by atoms with E-state index in [1.54, 1.807) is 0 Å². The molecule has 11 aromatic rings. The Labute approximate surface area is 402 Å². The molecule has 11 aromatic carbocycles. The maximum atomic E-state index is 2.69. The fourth-order valence-corrected chi connectivity index (χ4v) is 13.3. The second-order valence-corrected chi connectivity index (χ2v) is 19.0. The summed E-state index contributed by atoms with van der Waals surface area (Å²) in [6.07, 6.45) is 0. The standard InChI is InChI=1S/C68H43N/c1-4-20-44(21-5-1)45-36-38-48(39-37-45)69(47-24-8-3-9-25-47)49-40-41-55-61(42-49)68(58-33-17-12-28-52(58)53-29-13-18-34-59(53)68)63-43-62-65(64(66(55)63)46-22-6-2-7-23-46)54-30-14-19-35-60(54)67(62)56-31-15-10-26-50(56)51-27-11-16-32-57(51)67/h1-43H. The van der Waals surface area contributed by atoms with Gasteiger partial charge in [-0.25, -0.2) is 0 Å². The second-order valence-electron chi connectivity index (χ2n) is 19.0. The third-order valence-corrected chi connectivity index (χ3v) is 15.9. The molecule has 0 radical (unpaired) electrons. The molecule has 0 fully saturated rings. The molecule has 2 spiro atoms. The molecule has 4 aliphatic rings. The molecular formula is C68H43N. The van der Waals surface area contributed by atoms with Crippen LogP contribution in [0.15, 0.2) is 261 Å². The highest BCUT2D eigenvalue weighted by Gasteiger charge is 2.57. The normalized spacial score (nSPS) is 14.0. The zero-order valence-electron chi connectivity index (χ0n) is 37.8. The lowest BCUT2D eigenvalue weighted by Crippen LogP contribution is -2.29. The monoisotopic (exact) mass is 873 g/mol. The van der Waals surface area contributed by atoms with Crippen molar-refractivity contribution in [3.63, 3.8) is 0 Å². The molecule has 1 heteroatoms. The number of para-hydroxylation sites is 1. The highest BCUT2D eigenvalue weighted by atomic mass is 15.1.